The lowest BCUT2D eigenvalue weighted by Crippen LogP contribution is -2.14. The number of benzene rings is 1. The Morgan fingerprint density at radius 1 is 1.48 bits per heavy atom. The van der Waals surface area contributed by atoms with E-state index < -0.39 is 5.82 Å². The van der Waals surface area contributed by atoms with Crippen LogP contribution in [0.1, 0.15) is 17.3 Å². The molecule has 0 aliphatic heterocycles. The van der Waals surface area contributed by atoms with Crippen LogP contribution in [0.25, 0.3) is 0 Å². The van der Waals surface area contributed by atoms with Crippen LogP contribution in [0.15, 0.2) is 22.5 Å². The third kappa shape index (κ3) is 4.15. The fraction of sp³-hybridized carbons (Fsp3) is 0.308. The van der Waals surface area contributed by atoms with Gasteiger partial charge in [0.2, 0.25) is 5.13 Å². The molecule has 0 spiro atoms. The van der Waals surface area contributed by atoms with Crippen LogP contribution >= 0.6 is 23.1 Å². The highest BCUT2D eigenvalue weighted by Gasteiger charge is 2.11. The number of carbonyl (C=O) groups excluding carboxylic acids is 1. The molecule has 1 heterocycles. The van der Waals surface area contributed by atoms with Crippen LogP contribution in [0, 0.1) is 5.82 Å². The Morgan fingerprint density at radius 2 is 2.29 bits per heavy atom. The third-order valence-electron chi connectivity index (χ3n) is 2.55. The van der Waals surface area contributed by atoms with E-state index >= 15 is 0 Å². The van der Waals surface area contributed by atoms with Gasteiger partial charge in [-0.2, -0.15) is 0 Å². The van der Waals surface area contributed by atoms with E-state index in [1.54, 1.807) is 11.8 Å². The van der Waals surface area contributed by atoms with Gasteiger partial charge in [0.1, 0.15) is 0 Å². The lowest BCUT2D eigenvalue weighted by atomic mass is 10.1. The Balaban J connectivity index is 1.96. The molecule has 1 aromatic heterocycles. The van der Waals surface area contributed by atoms with Crippen molar-refractivity contribution in [2.75, 3.05) is 24.7 Å². The summed E-state index contributed by atoms with van der Waals surface area (Å²) in [6.45, 7) is 2.07. The number of hydrogen-bond acceptors (Lipinski definition) is 7. The van der Waals surface area contributed by atoms with E-state index in [2.05, 4.69) is 15.5 Å². The molecule has 0 saturated heterocycles. The summed E-state index contributed by atoms with van der Waals surface area (Å²) in [6, 6.07) is 4.13. The fourth-order valence-electron chi connectivity index (χ4n) is 1.56. The van der Waals surface area contributed by atoms with Crippen molar-refractivity contribution < 1.29 is 13.9 Å². The maximum absolute atomic E-state index is 13.5. The number of ether oxygens (including phenoxy) is 1. The number of hydrogen-bond donors (Lipinski definition) is 1. The molecule has 2 rings (SSSR count). The average molecular weight is 327 g/mol. The number of anilines is 1. The Bertz CT molecular complexity index is 634. The highest BCUT2D eigenvalue weighted by atomic mass is 32.2. The standard InChI is InChI=1S/C13H14FN3O2S2/c1-3-20-13-17-16-12(21-13)15-7-10(18)8-4-5-11(19-2)9(14)6-8/h4-6H,3,7H2,1-2H3,(H,15,16). The fourth-order valence-corrected chi connectivity index (χ4v) is 3.21. The number of methoxy groups -OCH3 is 1. The number of aromatic nitrogens is 2. The number of Topliss-reactive ketones (excluding diaryl/α,β-unsaturated/α-hetero) is 1. The van der Waals surface area contributed by atoms with E-state index in [1.165, 1.54) is 36.6 Å². The molecule has 0 radical (unpaired) electrons. The van der Waals surface area contributed by atoms with E-state index in [1.807, 2.05) is 6.92 Å². The van der Waals surface area contributed by atoms with E-state index in [4.69, 9.17) is 4.74 Å². The number of thioether (sulfide) groups is 1. The molecule has 112 valence electrons. The molecule has 2 aromatic rings. The molecule has 1 N–H and O–H groups in total. The molecule has 0 fully saturated rings. The quantitative estimate of drug-likeness (QED) is 0.623. The van der Waals surface area contributed by atoms with Crippen molar-refractivity contribution in [1.82, 2.24) is 10.2 Å². The molecular weight excluding hydrogens is 313 g/mol. The van der Waals surface area contributed by atoms with Gasteiger partial charge in [0.25, 0.3) is 0 Å². The largest absolute Gasteiger partial charge is 0.494 e. The normalized spacial score (nSPS) is 10.4. The minimum atomic E-state index is -0.555. The Hall–Kier alpha value is -1.67. The van der Waals surface area contributed by atoms with E-state index in [0.29, 0.717) is 5.13 Å². The second-order valence-electron chi connectivity index (χ2n) is 3.93. The van der Waals surface area contributed by atoms with Crippen molar-refractivity contribution in [3.8, 4) is 5.75 Å². The molecule has 5 nitrogen and oxygen atoms in total. The maximum atomic E-state index is 13.5. The van der Waals surface area contributed by atoms with Gasteiger partial charge in [-0.3, -0.25) is 4.79 Å². The minimum Gasteiger partial charge on any atom is -0.494 e. The van der Waals surface area contributed by atoms with E-state index in [0.717, 1.165) is 10.1 Å². The lowest BCUT2D eigenvalue weighted by molar-refractivity contribution is 0.101. The van der Waals surface area contributed by atoms with Crippen molar-refractivity contribution in [2.45, 2.75) is 11.3 Å². The number of carbonyl (C=O) groups is 1. The van der Waals surface area contributed by atoms with Crippen LogP contribution in [-0.4, -0.2) is 35.4 Å². The molecule has 0 atom stereocenters. The summed E-state index contributed by atoms with van der Waals surface area (Å²) in [4.78, 5) is 12.0. The van der Waals surface area contributed by atoms with Gasteiger partial charge in [0.15, 0.2) is 21.7 Å². The summed E-state index contributed by atoms with van der Waals surface area (Å²) in [5, 5.41) is 11.4. The summed E-state index contributed by atoms with van der Waals surface area (Å²) >= 11 is 2.98. The van der Waals surface area contributed by atoms with Gasteiger partial charge in [-0.05, 0) is 24.0 Å². The Kier molecular flexibility index (Phi) is 5.51. The maximum Gasteiger partial charge on any atom is 0.206 e. The topological polar surface area (TPSA) is 64.1 Å². The second kappa shape index (κ2) is 7.37. The monoisotopic (exact) mass is 327 g/mol. The van der Waals surface area contributed by atoms with Crippen LogP contribution in [0.5, 0.6) is 5.75 Å². The van der Waals surface area contributed by atoms with Crippen LogP contribution in [0.3, 0.4) is 0 Å². The molecule has 0 unspecified atom stereocenters. The van der Waals surface area contributed by atoms with Crippen molar-refractivity contribution in [1.29, 1.82) is 0 Å². The van der Waals surface area contributed by atoms with Gasteiger partial charge >= 0.3 is 0 Å². The molecular formula is C13H14FN3O2S2. The van der Waals surface area contributed by atoms with Crippen LogP contribution < -0.4 is 10.1 Å². The number of halogens is 1. The van der Waals surface area contributed by atoms with Gasteiger partial charge in [-0.15, -0.1) is 10.2 Å². The Morgan fingerprint density at radius 3 is 2.95 bits per heavy atom. The van der Waals surface area contributed by atoms with E-state index in [9.17, 15) is 9.18 Å². The highest BCUT2D eigenvalue weighted by molar-refractivity contribution is 8.01. The zero-order valence-electron chi connectivity index (χ0n) is 11.6. The van der Waals surface area contributed by atoms with Crippen molar-refractivity contribution in [3.63, 3.8) is 0 Å². The van der Waals surface area contributed by atoms with Gasteiger partial charge in [-0.25, -0.2) is 4.39 Å². The summed E-state index contributed by atoms with van der Waals surface area (Å²) in [6.07, 6.45) is 0. The summed E-state index contributed by atoms with van der Waals surface area (Å²) < 4.78 is 19.2. The van der Waals surface area contributed by atoms with Crippen LogP contribution in [0.4, 0.5) is 9.52 Å². The van der Waals surface area contributed by atoms with Crippen molar-refractivity contribution in [2.24, 2.45) is 0 Å². The average Bonchev–Trinajstić information content (AvgIpc) is 2.93. The van der Waals surface area contributed by atoms with Gasteiger partial charge < -0.3 is 10.1 Å². The van der Waals surface area contributed by atoms with Crippen LogP contribution in [-0.2, 0) is 0 Å². The summed E-state index contributed by atoms with van der Waals surface area (Å²) in [5.41, 5.74) is 0.286. The smallest absolute Gasteiger partial charge is 0.206 e. The number of rotatable bonds is 7. The van der Waals surface area contributed by atoms with Crippen molar-refractivity contribution >= 4 is 34.0 Å². The van der Waals surface area contributed by atoms with Crippen molar-refractivity contribution in [3.05, 3.63) is 29.6 Å². The van der Waals surface area contributed by atoms with Gasteiger partial charge in [0, 0.05) is 5.56 Å². The predicted molar refractivity (Wildman–Crippen MR) is 82.1 cm³/mol. The molecule has 0 bridgehead atoms. The first-order valence-electron chi connectivity index (χ1n) is 6.21. The van der Waals surface area contributed by atoms with Crippen LogP contribution in [0.2, 0.25) is 0 Å². The summed E-state index contributed by atoms with van der Waals surface area (Å²) in [5.74, 6) is 0.251. The molecule has 0 aliphatic rings. The number of ketones is 1. The SMILES string of the molecule is CCSc1nnc(NCC(=O)c2ccc(OC)c(F)c2)s1. The zero-order chi connectivity index (χ0) is 15.2. The van der Waals surface area contributed by atoms with Gasteiger partial charge in [-0.1, -0.05) is 30.0 Å². The number of nitrogens with zero attached hydrogens (tertiary/aromatic N) is 2. The predicted octanol–water partition coefficient (Wildman–Crippen LogP) is 3.09. The molecule has 0 aliphatic carbocycles. The molecule has 1 aromatic carbocycles. The molecule has 0 saturated carbocycles. The highest BCUT2D eigenvalue weighted by Crippen LogP contribution is 2.25. The first-order valence-corrected chi connectivity index (χ1v) is 8.01. The Labute approximate surface area is 129 Å². The molecule has 8 heteroatoms. The summed E-state index contributed by atoms with van der Waals surface area (Å²) in [7, 11) is 1.38. The first-order chi connectivity index (χ1) is 10.1. The molecule has 21 heavy (non-hydrogen) atoms. The second-order valence-corrected chi connectivity index (χ2v) is 6.42. The first kappa shape index (κ1) is 15.7. The third-order valence-corrected chi connectivity index (χ3v) is 4.44. The molecule has 0 amide bonds. The zero-order valence-corrected chi connectivity index (χ0v) is 13.2. The van der Waals surface area contributed by atoms with Gasteiger partial charge in [0.05, 0.1) is 13.7 Å². The minimum absolute atomic E-state index is 0.0389. The lowest BCUT2D eigenvalue weighted by Gasteiger charge is -2.05. The number of nitrogens with one attached hydrogen (secondary N) is 1. The van der Waals surface area contributed by atoms with E-state index in [-0.39, 0.29) is 23.6 Å².